The van der Waals surface area contributed by atoms with Crippen LogP contribution in [0, 0.1) is 0 Å². The van der Waals surface area contributed by atoms with Gasteiger partial charge in [-0.1, -0.05) is 0 Å². The number of ether oxygens (including phenoxy) is 1. The number of hydrogen-bond donors (Lipinski definition) is 1. The molecule has 0 atom stereocenters. The van der Waals surface area contributed by atoms with Crippen LogP contribution >= 0.6 is 0 Å². The number of nitrogens with one attached hydrogen (secondary N) is 1. The molecule has 0 radical (unpaired) electrons. The van der Waals surface area contributed by atoms with E-state index in [0.717, 1.165) is 61.7 Å². The molecule has 0 unspecified atom stereocenters. The number of nitrogens with zero attached hydrogens (tertiary/aromatic N) is 3. The van der Waals surface area contributed by atoms with Gasteiger partial charge < -0.3 is 4.74 Å². The van der Waals surface area contributed by atoms with Crippen molar-refractivity contribution in [3.63, 3.8) is 0 Å². The van der Waals surface area contributed by atoms with Crippen LogP contribution in [-0.2, 0) is 16.0 Å². The molecule has 168 valence electrons. The summed E-state index contributed by atoms with van der Waals surface area (Å²) in [6.07, 6.45) is 2.78. The van der Waals surface area contributed by atoms with Crippen molar-refractivity contribution in [3.8, 4) is 0 Å². The zero-order valence-electron chi connectivity index (χ0n) is 18.5. The van der Waals surface area contributed by atoms with Crippen LogP contribution in [0.3, 0.4) is 0 Å². The second kappa shape index (κ2) is 10.9. The zero-order valence-corrected chi connectivity index (χ0v) is 20.2. The van der Waals surface area contributed by atoms with E-state index >= 15 is 0 Å². The number of morpholine rings is 1. The minimum absolute atomic E-state index is 0.0323. The molecule has 2 fully saturated rings. The van der Waals surface area contributed by atoms with E-state index in [1.807, 2.05) is 41.1 Å². The van der Waals surface area contributed by atoms with Gasteiger partial charge in [0.15, 0.2) is 0 Å². The molecule has 4 rings (SSSR count). The third-order valence-electron chi connectivity index (χ3n) is 5.89. The van der Waals surface area contributed by atoms with Crippen LogP contribution in [0.15, 0.2) is 60.3 Å². The van der Waals surface area contributed by atoms with Gasteiger partial charge in [0.2, 0.25) is 0 Å². The van der Waals surface area contributed by atoms with Crippen molar-refractivity contribution < 1.29 is 9.53 Å². The fraction of sp³-hybridized carbons (Fsp3) is 0.360. The Labute approximate surface area is 198 Å². The van der Waals surface area contributed by atoms with Gasteiger partial charge in [-0.2, -0.15) is 0 Å². The third kappa shape index (κ3) is 5.67. The molecule has 7 heteroatoms. The first kappa shape index (κ1) is 22.7. The normalized spacial score (nSPS) is 18.6. The van der Waals surface area contributed by atoms with Gasteiger partial charge in [0.25, 0.3) is 0 Å². The number of hydrogen-bond acceptors (Lipinski definition) is 5. The average Bonchev–Trinajstić information content (AvgIpc) is 3.03. The van der Waals surface area contributed by atoms with Crippen LogP contribution in [-0.4, -0.2) is 93.8 Å². The number of likely N-dealkylation sites (N-methyl/N-ethyl adjacent to an activating group) is 1. The SMILES string of the molecule is CN1C(=[Se])N(CCc2ccccc2)C(=O)/C1=C\c1ccc(NCCN2CCOCC2)cc1. The van der Waals surface area contributed by atoms with Gasteiger partial charge in [0.1, 0.15) is 0 Å². The van der Waals surface area contributed by atoms with Gasteiger partial charge in [-0.15, -0.1) is 0 Å². The number of anilines is 1. The van der Waals surface area contributed by atoms with Crippen LogP contribution in [0.2, 0.25) is 0 Å². The molecule has 2 aromatic carbocycles. The summed E-state index contributed by atoms with van der Waals surface area (Å²) in [4.78, 5) is 19.2. The van der Waals surface area contributed by atoms with E-state index < -0.39 is 0 Å². The summed E-state index contributed by atoms with van der Waals surface area (Å²) in [6, 6.07) is 18.5. The Kier molecular flexibility index (Phi) is 7.76. The molecule has 0 aliphatic carbocycles. The summed E-state index contributed by atoms with van der Waals surface area (Å²) < 4.78 is 6.24. The number of rotatable bonds is 8. The summed E-state index contributed by atoms with van der Waals surface area (Å²) in [6.45, 7) is 6.24. The van der Waals surface area contributed by atoms with Crippen molar-refractivity contribution in [2.45, 2.75) is 6.42 Å². The van der Waals surface area contributed by atoms with E-state index in [9.17, 15) is 4.79 Å². The van der Waals surface area contributed by atoms with E-state index in [4.69, 9.17) is 4.74 Å². The predicted octanol–water partition coefficient (Wildman–Crippen LogP) is 2.04. The second-order valence-electron chi connectivity index (χ2n) is 8.07. The van der Waals surface area contributed by atoms with Crippen LogP contribution in [0.25, 0.3) is 6.08 Å². The van der Waals surface area contributed by atoms with Crippen molar-refractivity contribution in [1.82, 2.24) is 14.7 Å². The van der Waals surface area contributed by atoms with Gasteiger partial charge in [-0.25, -0.2) is 0 Å². The number of benzene rings is 2. The molecule has 0 aromatic heterocycles. The van der Waals surface area contributed by atoms with E-state index in [1.54, 1.807) is 0 Å². The van der Waals surface area contributed by atoms with E-state index in [-0.39, 0.29) is 5.91 Å². The Morgan fingerprint density at radius 1 is 1.03 bits per heavy atom. The first-order chi connectivity index (χ1) is 15.6. The third-order valence-corrected chi connectivity index (χ3v) is 6.92. The Morgan fingerprint density at radius 3 is 2.47 bits per heavy atom. The van der Waals surface area contributed by atoms with E-state index in [2.05, 4.69) is 62.2 Å². The van der Waals surface area contributed by atoms with Crippen LogP contribution < -0.4 is 5.32 Å². The fourth-order valence-electron chi connectivity index (χ4n) is 3.93. The van der Waals surface area contributed by atoms with Crippen LogP contribution in [0.5, 0.6) is 0 Å². The van der Waals surface area contributed by atoms with Crippen LogP contribution in [0.1, 0.15) is 11.1 Å². The summed E-state index contributed by atoms with van der Waals surface area (Å²) in [5, 5.41) is 3.48. The molecule has 1 N–H and O–H groups in total. The molecular weight excluding hydrogens is 467 g/mol. The maximum absolute atomic E-state index is 13.1. The Hall–Kier alpha value is -2.44. The van der Waals surface area contributed by atoms with Gasteiger partial charge in [0.05, 0.1) is 13.2 Å². The van der Waals surface area contributed by atoms with Gasteiger partial charge in [0, 0.05) is 13.1 Å². The molecule has 2 aliphatic rings. The Bertz CT molecular complexity index is 956. The summed E-state index contributed by atoms with van der Waals surface area (Å²) >= 11 is 3.07. The molecule has 0 bridgehead atoms. The van der Waals surface area contributed by atoms with Crippen molar-refractivity contribution in [2.24, 2.45) is 0 Å². The quantitative estimate of drug-likeness (QED) is 0.447. The Morgan fingerprint density at radius 2 is 1.75 bits per heavy atom. The summed E-state index contributed by atoms with van der Waals surface area (Å²) in [5.41, 5.74) is 4.01. The molecule has 2 aromatic rings. The predicted molar refractivity (Wildman–Crippen MR) is 131 cm³/mol. The number of amides is 1. The first-order valence-electron chi connectivity index (χ1n) is 11.1. The van der Waals surface area contributed by atoms with Gasteiger partial charge in [-0.3, -0.25) is 0 Å². The van der Waals surface area contributed by atoms with E-state index in [1.165, 1.54) is 5.56 Å². The number of carbonyl (C=O) groups is 1. The topological polar surface area (TPSA) is 48.0 Å². The van der Waals surface area contributed by atoms with Crippen molar-refractivity contribution in [3.05, 3.63) is 71.4 Å². The van der Waals surface area contributed by atoms with Crippen molar-refractivity contribution >= 4 is 37.9 Å². The first-order valence-corrected chi connectivity index (χ1v) is 12.0. The molecule has 2 aliphatic heterocycles. The zero-order chi connectivity index (χ0) is 22.3. The molecule has 6 nitrogen and oxygen atoms in total. The monoisotopic (exact) mass is 498 g/mol. The van der Waals surface area contributed by atoms with Gasteiger partial charge >= 0.3 is 167 Å². The molecule has 1 amide bonds. The van der Waals surface area contributed by atoms with Crippen molar-refractivity contribution in [2.75, 3.05) is 58.3 Å². The molecule has 0 spiro atoms. The molecular formula is C25H30N4O2Se. The van der Waals surface area contributed by atoms with Gasteiger partial charge in [-0.05, 0) is 0 Å². The molecule has 32 heavy (non-hydrogen) atoms. The summed E-state index contributed by atoms with van der Waals surface area (Å²) in [7, 11) is 1.93. The maximum atomic E-state index is 13.1. The van der Waals surface area contributed by atoms with E-state index in [0.29, 0.717) is 12.2 Å². The number of carbonyl (C=O) groups excluding carboxylic acids is 1. The Balaban J connectivity index is 1.33. The fourth-order valence-corrected chi connectivity index (χ4v) is 4.50. The molecule has 0 saturated carbocycles. The summed E-state index contributed by atoms with van der Waals surface area (Å²) in [5.74, 6) is 0.0323. The molecule has 2 heterocycles. The minimum atomic E-state index is 0.0323. The van der Waals surface area contributed by atoms with Crippen LogP contribution in [0.4, 0.5) is 5.69 Å². The molecule has 2 saturated heterocycles. The second-order valence-corrected chi connectivity index (χ2v) is 8.83. The standard InChI is InChI=1S/C25H30N4O2Se/c1-27-23(24(30)29(25(27)32)13-11-20-5-3-2-4-6-20)19-21-7-9-22(10-8-21)26-12-14-28-15-17-31-18-16-28/h2-10,19,26H,11-18H2,1H3/b23-19+. The average molecular weight is 498 g/mol. The van der Waals surface area contributed by atoms with Crippen molar-refractivity contribution in [1.29, 1.82) is 0 Å².